The summed E-state index contributed by atoms with van der Waals surface area (Å²) in [5, 5.41) is 4.40. The maximum Gasteiger partial charge on any atom is 0.160 e. The number of hydrogen-bond acceptors (Lipinski definition) is 2. The lowest BCUT2D eigenvalue weighted by atomic mass is 9.98. The Bertz CT molecular complexity index is 629. The Balaban J connectivity index is 2.64. The van der Waals surface area contributed by atoms with E-state index in [4.69, 9.17) is 0 Å². The molecule has 0 bridgehead atoms. The van der Waals surface area contributed by atoms with Gasteiger partial charge in [-0.25, -0.2) is 4.39 Å². The Morgan fingerprint density at radius 1 is 1.32 bits per heavy atom. The lowest BCUT2D eigenvalue weighted by Gasteiger charge is -2.06. The predicted molar refractivity (Wildman–Crippen MR) is 72.7 cm³/mol. The van der Waals surface area contributed by atoms with Crippen LogP contribution in [0.1, 0.15) is 42.9 Å². The summed E-state index contributed by atoms with van der Waals surface area (Å²) in [6.07, 6.45) is 1.86. The van der Waals surface area contributed by atoms with E-state index in [1.54, 1.807) is 0 Å². The van der Waals surface area contributed by atoms with Gasteiger partial charge in [0.1, 0.15) is 5.82 Å². The second-order valence-electron chi connectivity index (χ2n) is 4.95. The summed E-state index contributed by atoms with van der Waals surface area (Å²) < 4.78 is 15.3. The lowest BCUT2D eigenvalue weighted by Crippen LogP contribution is -2.00. The van der Waals surface area contributed by atoms with E-state index in [2.05, 4.69) is 5.10 Å². The van der Waals surface area contributed by atoms with E-state index in [9.17, 15) is 9.18 Å². The minimum absolute atomic E-state index is 0.0771. The van der Waals surface area contributed by atoms with Crippen molar-refractivity contribution in [3.8, 4) is 11.1 Å². The average Bonchev–Trinajstić information content (AvgIpc) is 2.71. The summed E-state index contributed by atoms with van der Waals surface area (Å²) in [4.78, 5) is 11.7. The zero-order chi connectivity index (χ0) is 14.2. The molecule has 0 unspecified atom stereocenters. The lowest BCUT2D eigenvalue weighted by molar-refractivity contribution is 0.101. The molecule has 0 amide bonds. The van der Waals surface area contributed by atoms with Crippen molar-refractivity contribution in [2.75, 3.05) is 0 Å². The number of rotatable bonds is 3. The highest BCUT2D eigenvalue weighted by atomic mass is 19.1. The largest absolute Gasteiger partial charge is 0.294 e. The van der Waals surface area contributed by atoms with Crippen LogP contribution in [0, 0.1) is 12.7 Å². The SMILES string of the molecule is CC(=O)c1ccc(F)cc1-c1cn(C(C)C)nc1C. The molecule has 19 heavy (non-hydrogen) atoms. The van der Waals surface area contributed by atoms with Gasteiger partial charge in [-0.05, 0) is 51.5 Å². The van der Waals surface area contributed by atoms with Crippen molar-refractivity contribution in [1.29, 1.82) is 0 Å². The topological polar surface area (TPSA) is 34.9 Å². The number of carbonyl (C=O) groups is 1. The van der Waals surface area contributed by atoms with Crippen LogP contribution in [0.2, 0.25) is 0 Å². The Kier molecular flexibility index (Phi) is 3.51. The van der Waals surface area contributed by atoms with Gasteiger partial charge < -0.3 is 0 Å². The third-order valence-electron chi connectivity index (χ3n) is 3.10. The first-order valence-electron chi connectivity index (χ1n) is 6.26. The number of halogens is 1. The molecule has 0 fully saturated rings. The molecule has 2 rings (SSSR count). The molecule has 0 atom stereocenters. The maximum atomic E-state index is 13.5. The molecule has 0 saturated carbocycles. The highest BCUT2D eigenvalue weighted by Crippen LogP contribution is 2.28. The van der Waals surface area contributed by atoms with Crippen LogP contribution in [0.4, 0.5) is 4.39 Å². The first-order valence-corrected chi connectivity index (χ1v) is 6.26. The van der Waals surface area contributed by atoms with Gasteiger partial charge in [-0.1, -0.05) is 0 Å². The number of hydrogen-bond donors (Lipinski definition) is 0. The Labute approximate surface area is 112 Å². The number of benzene rings is 1. The Morgan fingerprint density at radius 3 is 2.53 bits per heavy atom. The molecule has 0 saturated heterocycles. The molecule has 4 heteroatoms. The molecule has 0 radical (unpaired) electrons. The fraction of sp³-hybridized carbons (Fsp3) is 0.333. The van der Waals surface area contributed by atoms with Crippen molar-refractivity contribution in [2.24, 2.45) is 0 Å². The molecular weight excluding hydrogens is 243 g/mol. The van der Waals surface area contributed by atoms with Gasteiger partial charge in [0.15, 0.2) is 5.78 Å². The van der Waals surface area contributed by atoms with Crippen LogP contribution >= 0.6 is 0 Å². The molecule has 0 spiro atoms. The minimum Gasteiger partial charge on any atom is -0.294 e. The van der Waals surface area contributed by atoms with Crippen LogP contribution in [0.3, 0.4) is 0 Å². The van der Waals surface area contributed by atoms with Crippen molar-refractivity contribution in [1.82, 2.24) is 9.78 Å². The second kappa shape index (κ2) is 4.96. The summed E-state index contributed by atoms with van der Waals surface area (Å²) in [7, 11) is 0. The van der Waals surface area contributed by atoms with E-state index in [1.165, 1.54) is 25.1 Å². The number of aromatic nitrogens is 2. The van der Waals surface area contributed by atoms with E-state index in [1.807, 2.05) is 31.6 Å². The van der Waals surface area contributed by atoms with Crippen LogP contribution in [-0.4, -0.2) is 15.6 Å². The molecule has 2 aromatic rings. The fourth-order valence-electron chi connectivity index (χ4n) is 2.06. The first-order chi connectivity index (χ1) is 8.90. The Morgan fingerprint density at radius 2 is 2.00 bits per heavy atom. The predicted octanol–water partition coefficient (Wildman–Crippen LogP) is 3.78. The van der Waals surface area contributed by atoms with Crippen LogP contribution in [0.15, 0.2) is 24.4 Å². The van der Waals surface area contributed by atoms with Crippen LogP contribution < -0.4 is 0 Å². The Hall–Kier alpha value is -1.97. The molecule has 0 N–H and O–H groups in total. The first kappa shape index (κ1) is 13.5. The standard InChI is InChI=1S/C15H17FN2O/c1-9(2)18-8-15(10(3)17-18)14-7-12(16)5-6-13(14)11(4)19/h5-9H,1-4H3. The van der Waals surface area contributed by atoms with E-state index >= 15 is 0 Å². The number of nitrogens with zero attached hydrogens (tertiary/aromatic N) is 2. The summed E-state index contributed by atoms with van der Waals surface area (Å²) in [6, 6.07) is 4.45. The van der Waals surface area contributed by atoms with Crippen molar-refractivity contribution >= 4 is 5.78 Å². The third kappa shape index (κ3) is 2.57. The average molecular weight is 260 g/mol. The molecule has 0 aliphatic heterocycles. The summed E-state index contributed by atoms with van der Waals surface area (Å²) in [5.74, 6) is -0.427. The molecular formula is C15H17FN2O. The van der Waals surface area contributed by atoms with E-state index in [0.717, 1.165) is 11.3 Å². The van der Waals surface area contributed by atoms with E-state index in [-0.39, 0.29) is 17.6 Å². The van der Waals surface area contributed by atoms with Gasteiger partial charge in [-0.3, -0.25) is 9.48 Å². The highest BCUT2D eigenvalue weighted by Gasteiger charge is 2.15. The van der Waals surface area contributed by atoms with Crippen LogP contribution in [-0.2, 0) is 0 Å². The normalized spacial score (nSPS) is 11.1. The van der Waals surface area contributed by atoms with Gasteiger partial charge in [-0.2, -0.15) is 5.10 Å². The molecule has 100 valence electrons. The van der Waals surface area contributed by atoms with Crippen LogP contribution in [0.25, 0.3) is 11.1 Å². The minimum atomic E-state index is -0.350. The summed E-state index contributed by atoms with van der Waals surface area (Å²) in [5.41, 5.74) is 2.73. The monoisotopic (exact) mass is 260 g/mol. The van der Waals surface area contributed by atoms with Gasteiger partial charge in [0.05, 0.1) is 5.69 Å². The second-order valence-corrected chi connectivity index (χ2v) is 4.95. The number of aryl methyl sites for hydroxylation is 1. The summed E-state index contributed by atoms with van der Waals surface area (Å²) >= 11 is 0. The molecule has 0 aliphatic carbocycles. The van der Waals surface area contributed by atoms with Gasteiger partial charge in [0.2, 0.25) is 0 Å². The molecule has 1 aromatic carbocycles. The summed E-state index contributed by atoms with van der Waals surface area (Å²) in [6.45, 7) is 7.39. The van der Waals surface area contributed by atoms with Gasteiger partial charge >= 0.3 is 0 Å². The number of Topliss-reactive ketones (excluding diaryl/α,β-unsaturated/α-hetero) is 1. The van der Waals surface area contributed by atoms with Gasteiger partial charge in [0.25, 0.3) is 0 Å². The number of carbonyl (C=O) groups excluding carboxylic acids is 1. The highest BCUT2D eigenvalue weighted by molar-refractivity contribution is 6.01. The fourth-order valence-corrected chi connectivity index (χ4v) is 2.06. The van der Waals surface area contributed by atoms with E-state index in [0.29, 0.717) is 11.1 Å². The zero-order valence-corrected chi connectivity index (χ0v) is 11.6. The van der Waals surface area contributed by atoms with Crippen molar-refractivity contribution in [3.63, 3.8) is 0 Å². The number of ketones is 1. The quantitative estimate of drug-likeness (QED) is 0.787. The third-order valence-corrected chi connectivity index (χ3v) is 3.10. The van der Waals surface area contributed by atoms with Crippen molar-refractivity contribution in [3.05, 3.63) is 41.5 Å². The van der Waals surface area contributed by atoms with Crippen molar-refractivity contribution < 1.29 is 9.18 Å². The maximum absolute atomic E-state index is 13.5. The van der Waals surface area contributed by atoms with Crippen LogP contribution in [0.5, 0.6) is 0 Å². The molecule has 1 heterocycles. The van der Waals surface area contributed by atoms with E-state index < -0.39 is 0 Å². The van der Waals surface area contributed by atoms with Gasteiger partial charge in [-0.15, -0.1) is 0 Å². The molecule has 1 aromatic heterocycles. The molecule has 3 nitrogen and oxygen atoms in total. The molecule has 0 aliphatic rings. The van der Waals surface area contributed by atoms with Crippen molar-refractivity contribution in [2.45, 2.75) is 33.7 Å². The zero-order valence-electron chi connectivity index (χ0n) is 11.6. The van der Waals surface area contributed by atoms with Gasteiger partial charge in [0, 0.05) is 23.4 Å². The smallest absolute Gasteiger partial charge is 0.160 e.